The van der Waals surface area contributed by atoms with Crippen molar-refractivity contribution in [3.63, 3.8) is 0 Å². The van der Waals surface area contributed by atoms with Crippen molar-refractivity contribution >= 4 is 5.91 Å². The second-order valence-corrected chi connectivity index (χ2v) is 22.6. The van der Waals surface area contributed by atoms with E-state index >= 15 is 0 Å². The average molecular weight is 961 g/mol. The Morgan fingerprint density at radius 3 is 0.662 bits per heavy atom. The van der Waals surface area contributed by atoms with E-state index in [2.05, 4.69) is 19.2 Å². The van der Waals surface area contributed by atoms with Crippen LogP contribution in [0.4, 0.5) is 0 Å². The fourth-order valence-electron chi connectivity index (χ4n) is 10.7. The highest BCUT2D eigenvalue weighted by molar-refractivity contribution is 5.76. The molecule has 408 valence electrons. The lowest BCUT2D eigenvalue weighted by molar-refractivity contribution is -0.123. The van der Waals surface area contributed by atoms with E-state index in [-0.39, 0.29) is 12.5 Å². The zero-order valence-electron chi connectivity index (χ0n) is 47.2. The molecule has 0 radical (unpaired) electrons. The van der Waals surface area contributed by atoms with Gasteiger partial charge in [0.15, 0.2) is 0 Å². The molecule has 0 aliphatic carbocycles. The van der Waals surface area contributed by atoms with Gasteiger partial charge in [-0.15, -0.1) is 0 Å². The number of hydrogen-bond acceptors (Lipinski definition) is 3. The summed E-state index contributed by atoms with van der Waals surface area (Å²) in [5.74, 6) is -0.0203. The number of rotatable bonds is 61. The minimum atomic E-state index is -0.655. The number of unbranched alkanes of at least 4 members (excludes halogenated alkanes) is 54. The minimum absolute atomic E-state index is 0.0203. The maximum absolute atomic E-state index is 12.5. The Bertz CT molecular complexity index is 910. The van der Waals surface area contributed by atoms with Crippen LogP contribution in [-0.2, 0) is 4.79 Å². The second kappa shape index (κ2) is 60.7. The topological polar surface area (TPSA) is 69.6 Å². The Morgan fingerprint density at radius 2 is 0.471 bits per heavy atom. The van der Waals surface area contributed by atoms with Crippen molar-refractivity contribution in [1.82, 2.24) is 5.32 Å². The minimum Gasteiger partial charge on any atom is -0.394 e. The Balaban J connectivity index is 3.35. The molecule has 0 saturated heterocycles. The molecule has 4 nitrogen and oxygen atoms in total. The predicted octanol–water partition coefficient (Wildman–Crippen LogP) is 21.5. The zero-order valence-corrected chi connectivity index (χ0v) is 47.2. The van der Waals surface area contributed by atoms with Crippen LogP contribution in [0.5, 0.6) is 0 Å². The van der Waals surface area contributed by atoms with Gasteiger partial charge in [0.2, 0.25) is 5.91 Å². The van der Waals surface area contributed by atoms with E-state index in [1.54, 1.807) is 0 Å². The molecule has 0 aromatic carbocycles. The van der Waals surface area contributed by atoms with E-state index < -0.39 is 12.1 Å². The zero-order chi connectivity index (χ0) is 49.2. The van der Waals surface area contributed by atoms with Crippen molar-refractivity contribution in [2.24, 2.45) is 0 Å². The van der Waals surface area contributed by atoms with Crippen LogP contribution in [0.3, 0.4) is 0 Å². The van der Waals surface area contributed by atoms with Gasteiger partial charge >= 0.3 is 0 Å². The quantitative estimate of drug-likeness (QED) is 0.0532. The summed E-state index contributed by atoms with van der Waals surface area (Å²) in [6.45, 7) is 4.41. The van der Waals surface area contributed by atoms with Gasteiger partial charge in [0, 0.05) is 6.42 Å². The van der Waals surface area contributed by atoms with Crippen LogP contribution in [0.2, 0.25) is 0 Å². The lowest BCUT2D eigenvalue weighted by atomic mass is 10.0. The summed E-state index contributed by atoms with van der Waals surface area (Å²) in [6, 6.07) is -0.532. The summed E-state index contributed by atoms with van der Waals surface area (Å²) >= 11 is 0. The number of aliphatic hydroxyl groups is 2. The Morgan fingerprint density at radius 1 is 0.294 bits per heavy atom. The van der Waals surface area contributed by atoms with Crippen molar-refractivity contribution in [3.05, 3.63) is 0 Å². The SMILES string of the molecule is CCCCCCCCCCCCCCCCCCCCCCCCCCCCCCCCCCCCC(=O)NC(CO)C(O)CCCCCCCCCCCCCCCCCCCCCCCC. The Labute approximate surface area is 429 Å². The summed E-state index contributed by atoms with van der Waals surface area (Å²) in [5.41, 5.74) is 0. The number of hydrogen-bond donors (Lipinski definition) is 3. The van der Waals surface area contributed by atoms with Crippen LogP contribution in [0.25, 0.3) is 0 Å². The molecule has 0 spiro atoms. The lowest BCUT2D eigenvalue weighted by Crippen LogP contribution is -2.45. The lowest BCUT2D eigenvalue weighted by Gasteiger charge is -2.22. The fourth-order valence-corrected chi connectivity index (χ4v) is 10.7. The Kier molecular flexibility index (Phi) is 60.1. The van der Waals surface area contributed by atoms with E-state index in [9.17, 15) is 15.0 Å². The maximum atomic E-state index is 12.5. The van der Waals surface area contributed by atoms with Crippen LogP contribution in [0.15, 0.2) is 0 Å². The summed E-state index contributed by atoms with van der Waals surface area (Å²) in [6.07, 6.45) is 78.5. The molecule has 0 heterocycles. The molecular formula is C64H129NO3. The van der Waals surface area contributed by atoms with Gasteiger partial charge in [-0.3, -0.25) is 4.79 Å². The molecule has 1 amide bonds. The summed E-state index contributed by atoms with van der Waals surface area (Å²) in [5, 5.41) is 23.4. The monoisotopic (exact) mass is 960 g/mol. The number of aliphatic hydroxyl groups excluding tert-OH is 2. The van der Waals surface area contributed by atoms with Crippen LogP contribution in [0, 0.1) is 0 Å². The van der Waals surface area contributed by atoms with Crippen molar-refractivity contribution in [2.75, 3.05) is 6.61 Å². The molecule has 0 aromatic rings. The first-order chi connectivity index (χ1) is 33.7. The van der Waals surface area contributed by atoms with Gasteiger partial charge in [-0.05, 0) is 12.8 Å². The fraction of sp³-hybridized carbons (Fsp3) is 0.984. The first-order valence-electron chi connectivity index (χ1n) is 32.2. The van der Waals surface area contributed by atoms with Crippen molar-refractivity contribution < 1.29 is 15.0 Å². The number of carbonyl (C=O) groups is 1. The molecule has 2 unspecified atom stereocenters. The molecule has 3 N–H and O–H groups in total. The van der Waals surface area contributed by atoms with E-state index in [0.717, 1.165) is 25.7 Å². The van der Waals surface area contributed by atoms with Gasteiger partial charge in [-0.25, -0.2) is 0 Å². The van der Waals surface area contributed by atoms with Gasteiger partial charge in [0.25, 0.3) is 0 Å². The predicted molar refractivity (Wildman–Crippen MR) is 304 cm³/mol. The normalized spacial score (nSPS) is 12.6. The van der Waals surface area contributed by atoms with Crippen molar-refractivity contribution in [3.8, 4) is 0 Å². The first kappa shape index (κ1) is 67.4. The largest absolute Gasteiger partial charge is 0.394 e. The molecule has 0 fully saturated rings. The highest BCUT2D eigenvalue weighted by Crippen LogP contribution is 2.19. The van der Waals surface area contributed by atoms with E-state index in [4.69, 9.17) is 0 Å². The van der Waals surface area contributed by atoms with Gasteiger partial charge in [-0.2, -0.15) is 0 Å². The molecule has 0 saturated carbocycles. The Hall–Kier alpha value is -0.610. The number of amides is 1. The maximum Gasteiger partial charge on any atom is 0.220 e. The van der Waals surface area contributed by atoms with E-state index in [0.29, 0.717) is 12.8 Å². The summed E-state index contributed by atoms with van der Waals surface area (Å²) in [7, 11) is 0. The summed E-state index contributed by atoms with van der Waals surface area (Å²) < 4.78 is 0. The van der Waals surface area contributed by atoms with Gasteiger partial charge in [0.1, 0.15) is 0 Å². The third-order valence-corrected chi connectivity index (χ3v) is 15.6. The number of nitrogens with one attached hydrogen (secondary N) is 1. The second-order valence-electron chi connectivity index (χ2n) is 22.6. The molecule has 0 rings (SSSR count). The average Bonchev–Trinajstić information content (AvgIpc) is 3.34. The third-order valence-electron chi connectivity index (χ3n) is 15.6. The van der Waals surface area contributed by atoms with Crippen molar-refractivity contribution in [2.45, 2.75) is 398 Å². The highest BCUT2D eigenvalue weighted by atomic mass is 16.3. The standard InChI is InChI=1S/C64H129NO3/c1-3-5-7-9-11-13-15-17-19-21-23-25-27-28-29-30-31-32-33-34-35-36-37-38-40-42-44-46-48-50-52-54-56-58-60-64(68)65-62(61-66)63(67)59-57-55-53-51-49-47-45-43-41-39-26-24-22-20-18-16-14-12-10-8-6-4-2/h62-63,66-67H,3-61H2,1-2H3,(H,65,68). The van der Waals surface area contributed by atoms with Crippen molar-refractivity contribution in [1.29, 1.82) is 0 Å². The van der Waals surface area contributed by atoms with Crippen LogP contribution in [0.1, 0.15) is 386 Å². The van der Waals surface area contributed by atoms with Crippen LogP contribution < -0.4 is 5.32 Å². The molecule has 4 heteroatoms. The molecular weight excluding hydrogens is 831 g/mol. The molecule has 0 aliphatic rings. The van der Waals surface area contributed by atoms with Gasteiger partial charge < -0.3 is 15.5 Å². The highest BCUT2D eigenvalue weighted by Gasteiger charge is 2.20. The van der Waals surface area contributed by atoms with E-state index in [1.165, 1.54) is 334 Å². The van der Waals surface area contributed by atoms with Gasteiger partial charge in [0.05, 0.1) is 18.8 Å². The van der Waals surface area contributed by atoms with Crippen LogP contribution >= 0.6 is 0 Å². The summed E-state index contributed by atoms with van der Waals surface area (Å²) in [4.78, 5) is 12.5. The first-order valence-corrected chi connectivity index (χ1v) is 32.2. The number of carbonyl (C=O) groups excluding carboxylic acids is 1. The molecule has 0 bridgehead atoms. The molecule has 68 heavy (non-hydrogen) atoms. The molecule has 0 aliphatic heterocycles. The third kappa shape index (κ3) is 56.3. The van der Waals surface area contributed by atoms with E-state index in [1.807, 2.05) is 0 Å². The molecule has 0 aromatic heterocycles. The smallest absolute Gasteiger partial charge is 0.220 e. The van der Waals surface area contributed by atoms with Crippen LogP contribution in [-0.4, -0.2) is 34.9 Å². The van der Waals surface area contributed by atoms with Gasteiger partial charge in [-0.1, -0.05) is 367 Å². The molecule has 2 atom stereocenters.